The zero-order valence-electron chi connectivity index (χ0n) is 13.3. The molecule has 2 atom stereocenters. The van der Waals surface area contributed by atoms with Gasteiger partial charge in [0.2, 0.25) is 0 Å². The van der Waals surface area contributed by atoms with Crippen molar-refractivity contribution >= 4 is 23.6 Å². The van der Waals surface area contributed by atoms with Gasteiger partial charge >= 0.3 is 5.97 Å². The van der Waals surface area contributed by atoms with E-state index in [0.717, 1.165) is 23.3 Å². The number of rotatable bonds is 4. The van der Waals surface area contributed by atoms with Crippen LogP contribution in [0.25, 0.3) is 0 Å². The summed E-state index contributed by atoms with van der Waals surface area (Å²) in [6.07, 6.45) is 5.15. The fraction of sp³-hybridized carbons (Fsp3) is 0.529. The van der Waals surface area contributed by atoms with Crippen LogP contribution in [-0.2, 0) is 4.79 Å². The van der Waals surface area contributed by atoms with E-state index in [9.17, 15) is 14.7 Å². The maximum atomic E-state index is 12.7. The summed E-state index contributed by atoms with van der Waals surface area (Å²) in [6, 6.07) is 5.79. The zero-order chi connectivity index (χ0) is 16.3. The first-order valence-corrected chi connectivity index (χ1v) is 8.80. The highest BCUT2D eigenvalue weighted by molar-refractivity contribution is 7.98. The Morgan fingerprint density at radius 1 is 1.36 bits per heavy atom. The average Bonchev–Trinajstić information content (AvgIpc) is 2.47. The molecule has 1 saturated carbocycles. The normalized spacial score (nSPS) is 24.8. The second-order valence-electron chi connectivity index (χ2n) is 6.19. The third-order valence-electron chi connectivity index (χ3n) is 4.59. The molecule has 120 valence electrons. The van der Waals surface area contributed by atoms with E-state index in [1.165, 1.54) is 0 Å². The molecule has 1 aliphatic carbocycles. The Morgan fingerprint density at radius 2 is 2.09 bits per heavy atom. The molecule has 0 bridgehead atoms. The maximum Gasteiger partial charge on any atom is 0.308 e. The van der Waals surface area contributed by atoms with Crippen LogP contribution in [0.4, 0.5) is 0 Å². The molecule has 1 aromatic carbocycles. The highest BCUT2D eigenvalue weighted by Crippen LogP contribution is 2.34. The molecule has 1 fully saturated rings. The van der Waals surface area contributed by atoms with Crippen molar-refractivity contribution in [2.24, 2.45) is 5.92 Å². The molecule has 1 aromatic rings. The van der Waals surface area contributed by atoms with E-state index >= 15 is 0 Å². The van der Waals surface area contributed by atoms with Crippen molar-refractivity contribution in [3.63, 3.8) is 0 Å². The highest BCUT2D eigenvalue weighted by Gasteiger charge is 2.42. The Kier molecular flexibility index (Phi) is 5.16. The summed E-state index contributed by atoms with van der Waals surface area (Å²) in [5.74, 6) is -1.52. The van der Waals surface area contributed by atoms with E-state index < -0.39 is 17.4 Å². The number of aryl methyl sites for hydroxylation is 1. The summed E-state index contributed by atoms with van der Waals surface area (Å²) in [6.45, 7) is 3.76. The molecule has 2 rings (SSSR count). The van der Waals surface area contributed by atoms with Gasteiger partial charge in [-0.1, -0.05) is 18.9 Å². The number of carbonyl (C=O) groups excluding carboxylic acids is 1. The van der Waals surface area contributed by atoms with E-state index in [0.29, 0.717) is 18.4 Å². The van der Waals surface area contributed by atoms with Crippen molar-refractivity contribution in [3.05, 3.63) is 29.3 Å². The van der Waals surface area contributed by atoms with E-state index in [-0.39, 0.29) is 5.91 Å². The summed E-state index contributed by atoms with van der Waals surface area (Å²) in [5.41, 5.74) is 0.854. The van der Waals surface area contributed by atoms with E-state index in [1.54, 1.807) is 11.8 Å². The summed E-state index contributed by atoms with van der Waals surface area (Å²) in [4.78, 5) is 25.2. The first kappa shape index (κ1) is 16.9. The molecule has 5 heteroatoms. The van der Waals surface area contributed by atoms with Gasteiger partial charge in [-0.2, -0.15) is 0 Å². The van der Waals surface area contributed by atoms with Gasteiger partial charge in [-0.3, -0.25) is 9.59 Å². The smallest absolute Gasteiger partial charge is 0.308 e. The van der Waals surface area contributed by atoms with Crippen LogP contribution in [0, 0.1) is 12.8 Å². The number of thioether (sulfide) groups is 1. The van der Waals surface area contributed by atoms with Crippen molar-refractivity contribution in [2.75, 3.05) is 6.26 Å². The number of benzene rings is 1. The van der Waals surface area contributed by atoms with Gasteiger partial charge in [-0.05, 0) is 50.6 Å². The average molecular weight is 321 g/mol. The van der Waals surface area contributed by atoms with Crippen molar-refractivity contribution in [1.29, 1.82) is 0 Å². The van der Waals surface area contributed by atoms with Crippen LogP contribution in [0.5, 0.6) is 0 Å². The Labute approximate surface area is 135 Å². The van der Waals surface area contributed by atoms with Crippen LogP contribution in [0.3, 0.4) is 0 Å². The Balaban J connectivity index is 2.25. The van der Waals surface area contributed by atoms with Gasteiger partial charge in [-0.15, -0.1) is 11.8 Å². The molecular formula is C17H23NO3S. The first-order chi connectivity index (χ1) is 10.4. The van der Waals surface area contributed by atoms with E-state index in [1.807, 2.05) is 38.3 Å². The summed E-state index contributed by atoms with van der Waals surface area (Å²) >= 11 is 1.59. The SMILES string of the molecule is CSc1ccc(C)c(C(=O)NC2(C)CCCCC2C(=O)O)c1. The molecule has 0 heterocycles. The second-order valence-corrected chi connectivity index (χ2v) is 7.07. The molecule has 1 amide bonds. The van der Waals surface area contributed by atoms with Crippen LogP contribution in [-0.4, -0.2) is 28.8 Å². The van der Waals surface area contributed by atoms with Crippen LogP contribution < -0.4 is 5.32 Å². The summed E-state index contributed by atoms with van der Waals surface area (Å²) in [5, 5.41) is 12.4. The molecule has 0 aromatic heterocycles. The van der Waals surface area contributed by atoms with Gasteiger partial charge in [0, 0.05) is 10.5 Å². The minimum atomic E-state index is -0.822. The number of carbonyl (C=O) groups is 2. The van der Waals surface area contributed by atoms with Crippen LogP contribution in [0.15, 0.2) is 23.1 Å². The second kappa shape index (κ2) is 6.73. The van der Waals surface area contributed by atoms with E-state index in [2.05, 4.69) is 5.32 Å². The molecule has 0 aliphatic heterocycles. The van der Waals surface area contributed by atoms with Gasteiger partial charge in [-0.25, -0.2) is 0 Å². The number of hydrogen-bond donors (Lipinski definition) is 2. The lowest BCUT2D eigenvalue weighted by Gasteiger charge is -2.40. The molecule has 22 heavy (non-hydrogen) atoms. The predicted molar refractivity (Wildman–Crippen MR) is 88.4 cm³/mol. The third kappa shape index (κ3) is 3.46. The number of carboxylic acid groups (broad SMARTS) is 1. The predicted octanol–water partition coefficient (Wildman–Crippen LogP) is 3.48. The molecule has 0 saturated heterocycles. The lowest BCUT2D eigenvalue weighted by Crippen LogP contribution is -2.55. The molecule has 4 nitrogen and oxygen atoms in total. The van der Waals surface area contributed by atoms with Gasteiger partial charge in [0.15, 0.2) is 0 Å². The van der Waals surface area contributed by atoms with Crippen LogP contribution in [0.2, 0.25) is 0 Å². The van der Waals surface area contributed by atoms with Crippen LogP contribution in [0.1, 0.15) is 48.5 Å². The Bertz CT molecular complexity index is 587. The third-order valence-corrected chi connectivity index (χ3v) is 5.32. The van der Waals surface area contributed by atoms with Crippen molar-refractivity contribution < 1.29 is 14.7 Å². The highest BCUT2D eigenvalue weighted by atomic mass is 32.2. The lowest BCUT2D eigenvalue weighted by molar-refractivity contribution is -0.145. The molecular weight excluding hydrogens is 298 g/mol. The molecule has 0 radical (unpaired) electrons. The summed E-state index contributed by atoms with van der Waals surface area (Å²) < 4.78 is 0. The zero-order valence-corrected chi connectivity index (χ0v) is 14.1. The Hall–Kier alpha value is -1.49. The number of hydrogen-bond acceptors (Lipinski definition) is 3. The van der Waals surface area contributed by atoms with E-state index in [4.69, 9.17) is 0 Å². The summed E-state index contributed by atoms with van der Waals surface area (Å²) in [7, 11) is 0. The molecule has 2 N–H and O–H groups in total. The number of carboxylic acids is 1. The maximum absolute atomic E-state index is 12.7. The Morgan fingerprint density at radius 3 is 2.73 bits per heavy atom. The number of nitrogens with one attached hydrogen (secondary N) is 1. The van der Waals surface area contributed by atoms with Gasteiger partial charge in [0.25, 0.3) is 5.91 Å². The topological polar surface area (TPSA) is 66.4 Å². The fourth-order valence-corrected chi connectivity index (χ4v) is 3.62. The molecule has 2 unspecified atom stereocenters. The number of amides is 1. The molecule has 0 spiro atoms. The van der Waals surface area contributed by atoms with Gasteiger partial charge in [0.1, 0.15) is 0 Å². The number of aliphatic carboxylic acids is 1. The quantitative estimate of drug-likeness (QED) is 0.833. The minimum absolute atomic E-state index is 0.177. The van der Waals surface area contributed by atoms with Crippen LogP contribution >= 0.6 is 11.8 Å². The van der Waals surface area contributed by atoms with Crippen molar-refractivity contribution in [3.8, 4) is 0 Å². The van der Waals surface area contributed by atoms with Gasteiger partial charge in [0.05, 0.1) is 11.5 Å². The fourth-order valence-electron chi connectivity index (χ4n) is 3.18. The van der Waals surface area contributed by atoms with Gasteiger partial charge < -0.3 is 10.4 Å². The standard InChI is InChI=1S/C17H23NO3S/c1-11-7-8-12(22-3)10-13(11)15(19)18-17(2)9-5-4-6-14(17)16(20)21/h7-8,10,14H,4-6,9H2,1-3H3,(H,18,19)(H,20,21). The molecule has 1 aliphatic rings. The lowest BCUT2D eigenvalue weighted by atomic mass is 9.73. The van der Waals surface area contributed by atoms with Crippen molar-refractivity contribution in [2.45, 2.75) is 50.0 Å². The minimum Gasteiger partial charge on any atom is -0.481 e. The first-order valence-electron chi connectivity index (χ1n) is 7.57. The monoisotopic (exact) mass is 321 g/mol. The largest absolute Gasteiger partial charge is 0.481 e. The van der Waals surface area contributed by atoms with Crippen molar-refractivity contribution in [1.82, 2.24) is 5.32 Å².